The van der Waals surface area contributed by atoms with Gasteiger partial charge in [-0.25, -0.2) is 0 Å². The molecule has 110 valence electrons. The van der Waals surface area contributed by atoms with Crippen molar-refractivity contribution in [3.05, 3.63) is 58.1 Å². The van der Waals surface area contributed by atoms with Crippen molar-refractivity contribution in [2.45, 2.75) is 39.2 Å². The SMILES string of the molecule is CCCNC1CCc2cc(-c3ccc(C)c(Cl)c3)ccc21. The summed E-state index contributed by atoms with van der Waals surface area (Å²) >= 11 is 6.25. The van der Waals surface area contributed by atoms with E-state index in [1.54, 1.807) is 0 Å². The highest BCUT2D eigenvalue weighted by molar-refractivity contribution is 6.31. The fraction of sp³-hybridized carbons (Fsp3) is 0.368. The Morgan fingerprint density at radius 2 is 1.90 bits per heavy atom. The lowest BCUT2D eigenvalue weighted by molar-refractivity contribution is 0.529. The van der Waals surface area contributed by atoms with Gasteiger partial charge in [0.1, 0.15) is 0 Å². The number of benzene rings is 2. The smallest absolute Gasteiger partial charge is 0.0441 e. The van der Waals surface area contributed by atoms with Gasteiger partial charge in [-0.3, -0.25) is 0 Å². The van der Waals surface area contributed by atoms with Crippen molar-refractivity contribution < 1.29 is 0 Å². The molecule has 1 aliphatic carbocycles. The average molecular weight is 300 g/mol. The molecule has 0 heterocycles. The summed E-state index contributed by atoms with van der Waals surface area (Å²) in [5, 5.41) is 4.49. The van der Waals surface area contributed by atoms with Crippen molar-refractivity contribution >= 4 is 11.6 Å². The van der Waals surface area contributed by atoms with Gasteiger partial charge < -0.3 is 5.32 Å². The second kappa shape index (κ2) is 6.21. The van der Waals surface area contributed by atoms with Crippen LogP contribution in [0, 0.1) is 6.92 Å². The first-order valence-electron chi connectivity index (χ1n) is 7.81. The van der Waals surface area contributed by atoms with Crippen molar-refractivity contribution in [1.82, 2.24) is 5.32 Å². The van der Waals surface area contributed by atoms with Crippen molar-refractivity contribution in [2.75, 3.05) is 6.54 Å². The van der Waals surface area contributed by atoms with Gasteiger partial charge in [-0.2, -0.15) is 0 Å². The van der Waals surface area contributed by atoms with Gasteiger partial charge in [-0.1, -0.05) is 48.9 Å². The molecule has 1 atom stereocenters. The van der Waals surface area contributed by atoms with E-state index in [0.29, 0.717) is 6.04 Å². The summed E-state index contributed by atoms with van der Waals surface area (Å²) in [5.41, 5.74) is 6.57. The molecule has 3 rings (SSSR count). The molecule has 0 spiro atoms. The molecule has 0 radical (unpaired) electrons. The molecule has 1 N–H and O–H groups in total. The molecular weight excluding hydrogens is 278 g/mol. The van der Waals surface area contributed by atoms with Gasteiger partial charge in [0.15, 0.2) is 0 Å². The molecular formula is C19H22ClN. The van der Waals surface area contributed by atoms with E-state index in [1.165, 1.54) is 41.5 Å². The lowest BCUT2D eigenvalue weighted by Crippen LogP contribution is -2.19. The predicted octanol–water partition coefficient (Wildman–Crippen LogP) is 5.30. The molecule has 0 aliphatic heterocycles. The molecule has 0 aromatic heterocycles. The molecule has 0 amide bonds. The van der Waals surface area contributed by atoms with E-state index in [1.807, 2.05) is 6.92 Å². The summed E-state index contributed by atoms with van der Waals surface area (Å²) in [6.07, 6.45) is 3.57. The van der Waals surface area contributed by atoms with Crippen molar-refractivity contribution in [2.24, 2.45) is 0 Å². The van der Waals surface area contributed by atoms with E-state index in [-0.39, 0.29) is 0 Å². The number of nitrogens with one attached hydrogen (secondary N) is 1. The monoisotopic (exact) mass is 299 g/mol. The largest absolute Gasteiger partial charge is 0.310 e. The molecule has 2 aromatic carbocycles. The van der Waals surface area contributed by atoms with Crippen molar-refractivity contribution in [3.63, 3.8) is 0 Å². The van der Waals surface area contributed by atoms with Gasteiger partial charge >= 0.3 is 0 Å². The first kappa shape index (κ1) is 14.6. The summed E-state index contributed by atoms with van der Waals surface area (Å²) in [6.45, 7) is 5.35. The Labute approximate surface area is 132 Å². The molecule has 1 nitrogen and oxygen atoms in total. The fourth-order valence-electron chi connectivity index (χ4n) is 3.10. The molecule has 1 aliphatic rings. The Morgan fingerprint density at radius 1 is 1.14 bits per heavy atom. The third kappa shape index (κ3) is 3.00. The number of hydrogen-bond acceptors (Lipinski definition) is 1. The normalized spacial score (nSPS) is 17.0. The van der Waals surface area contributed by atoms with Crippen LogP contribution < -0.4 is 5.32 Å². The van der Waals surface area contributed by atoms with E-state index >= 15 is 0 Å². The van der Waals surface area contributed by atoms with E-state index in [0.717, 1.165) is 17.1 Å². The zero-order valence-corrected chi connectivity index (χ0v) is 13.5. The quantitative estimate of drug-likeness (QED) is 0.807. The van der Waals surface area contributed by atoms with Crippen LogP contribution in [0.3, 0.4) is 0 Å². The van der Waals surface area contributed by atoms with Crippen LogP contribution in [0.2, 0.25) is 5.02 Å². The molecule has 0 fully saturated rings. The first-order chi connectivity index (χ1) is 10.2. The van der Waals surface area contributed by atoms with Crippen LogP contribution in [0.1, 0.15) is 42.5 Å². The van der Waals surface area contributed by atoms with E-state index in [2.05, 4.69) is 48.6 Å². The predicted molar refractivity (Wildman–Crippen MR) is 91.0 cm³/mol. The minimum absolute atomic E-state index is 0.538. The number of fused-ring (bicyclic) bond motifs is 1. The van der Waals surface area contributed by atoms with Gasteiger partial charge in [-0.05, 0) is 66.6 Å². The second-order valence-electron chi connectivity index (χ2n) is 5.92. The molecule has 2 aromatic rings. The summed E-state index contributed by atoms with van der Waals surface area (Å²) in [5.74, 6) is 0. The topological polar surface area (TPSA) is 12.0 Å². The number of aryl methyl sites for hydroxylation is 2. The Bertz CT molecular complexity index is 648. The van der Waals surface area contributed by atoms with Gasteiger partial charge in [-0.15, -0.1) is 0 Å². The Balaban J connectivity index is 1.88. The minimum atomic E-state index is 0.538. The first-order valence-corrected chi connectivity index (χ1v) is 8.19. The number of rotatable bonds is 4. The van der Waals surface area contributed by atoms with E-state index in [4.69, 9.17) is 11.6 Å². The highest BCUT2D eigenvalue weighted by Crippen LogP contribution is 2.35. The maximum atomic E-state index is 6.25. The summed E-state index contributed by atoms with van der Waals surface area (Å²) in [4.78, 5) is 0. The van der Waals surface area contributed by atoms with Crippen LogP contribution in [0.15, 0.2) is 36.4 Å². The maximum Gasteiger partial charge on any atom is 0.0441 e. The summed E-state index contributed by atoms with van der Waals surface area (Å²) < 4.78 is 0. The standard InChI is InChI=1S/C19H22ClN/c1-3-10-21-19-9-7-16-11-14(6-8-17(16)19)15-5-4-13(2)18(20)12-15/h4-6,8,11-12,19,21H,3,7,9-10H2,1-2H3. The molecule has 21 heavy (non-hydrogen) atoms. The van der Waals surface area contributed by atoms with E-state index < -0.39 is 0 Å². The van der Waals surface area contributed by atoms with Crippen molar-refractivity contribution in [1.29, 1.82) is 0 Å². The minimum Gasteiger partial charge on any atom is -0.310 e. The van der Waals surface area contributed by atoms with Crippen LogP contribution in [0.4, 0.5) is 0 Å². The zero-order chi connectivity index (χ0) is 14.8. The third-order valence-corrected chi connectivity index (χ3v) is 4.77. The van der Waals surface area contributed by atoms with E-state index in [9.17, 15) is 0 Å². The highest BCUT2D eigenvalue weighted by atomic mass is 35.5. The van der Waals surface area contributed by atoms with Gasteiger partial charge in [0, 0.05) is 11.1 Å². The number of hydrogen-bond donors (Lipinski definition) is 1. The summed E-state index contributed by atoms with van der Waals surface area (Å²) in [6, 6.07) is 13.7. The van der Waals surface area contributed by atoms with Gasteiger partial charge in [0.25, 0.3) is 0 Å². The molecule has 2 heteroatoms. The number of halogens is 1. The zero-order valence-electron chi connectivity index (χ0n) is 12.7. The van der Waals surface area contributed by atoms with Crippen LogP contribution in [0.5, 0.6) is 0 Å². The lowest BCUT2D eigenvalue weighted by atomic mass is 9.99. The average Bonchev–Trinajstić information content (AvgIpc) is 2.90. The van der Waals surface area contributed by atoms with Crippen molar-refractivity contribution in [3.8, 4) is 11.1 Å². The third-order valence-electron chi connectivity index (χ3n) is 4.37. The molecule has 1 unspecified atom stereocenters. The fourth-order valence-corrected chi connectivity index (χ4v) is 3.28. The Kier molecular flexibility index (Phi) is 4.32. The molecule has 0 bridgehead atoms. The van der Waals surface area contributed by atoms with Gasteiger partial charge in [0.2, 0.25) is 0 Å². The van der Waals surface area contributed by atoms with Crippen LogP contribution in [-0.4, -0.2) is 6.54 Å². The highest BCUT2D eigenvalue weighted by Gasteiger charge is 2.21. The second-order valence-corrected chi connectivity index (χ2v) is 6.33. The Morgan fingerprint density at radius 3 is 2.67 bits per heavy atom. The van der Waals surface area contributed by atoms with Crippen LogP contribution in [0.25, 0.3) is 11.1 Å². The van der Waals surface area contributed by atoms with Crippen LogP contribution in [-0.2, 0) is 6.42 Å². The van der Waals surface area contributed by atoms with Crippen LogP contribution >= 0.6 is 11.6 Å². The molecule has 0 saturated heterocycles. The molecule has 0 saturated carbocycles. The Hall–Kier alpha value is -1.31. The summed E-state index contributed by atoms with van der Waals surface area (Å²) in [7, 11) is 0. The van der Waals surface area contributed by atoms with Gasteiger partial charge in [0.05, 0.1) is 0 Å². The lowest BCUT2D eigenvalue weighted by Gasteiger charge is -2.14. The maximum absolute atomic E-state index is 6.25.